The summed E-state index contributed by atoms with van der Waals surface area (Å²) in [5.41, 5.74) is 1.16. The van der Waals surface area contributed by atoms with Gasteiger partial charge >= 0.3 is 12.0 Å². The van der Waals surface area contributed by atoms with E-state index in [9.17, 15) is 4.79 Å². The summed E-state index contributed by atoms with van der Waals surface area (Å²) in [5.74, 6) is -0.639. The average Bonchev–Trinajstić information content (AvgIpc) is 2.47. The SMILES string of the molecule is COc1nc(Cl)nc(NCCc2cccc(C(=O)O)c2)n1. The van der Waals surface area contributed by atoms with E-state index in [4.69, 9.17) is 21.4 Å². The minimum atomic E-state index is -0.946. The van der Waals surface area contributed by atoms with E-state index < -0.39 is 5.97 Å². The Labute approximate surface area is 126 Å². The van der Waals surface area contributed by atoms with Crippen molar-refractivity contribution in [2.45, 2.75) is 6.42 Å². The molecule has 0 atom stereocenters. The Morgan fingerprint density at radius 3 is 2.90 bits per heavy atom. The topological polar surface area (TPSA) is 97.2 Å². The fourth-order valence-electron chi connectivity index (χ4n) is 1.68. The molecule has 0 bridgehead atoms. The standard InChI is InChI=1S/C13H13ClN4O3/c1-21-13-17-11(14)16-12(18-13)15-6-5-8-3-2-4-9(7-8)10(19)20/h2-4,7H,5-6H2,1H3,(H,19,20)(H,15,16,17,18). The number of aromatic carboxylic acids is 1. The second kappa shape index (κ2) is 6.85. The van der Waals surface area contributed by atoms with Crippen LogP contribution in [0.3, 0.4) is 0 Å². The second-order valence-electron chi connectivity index (χ2n) is 4.10. The maximum absolute atomic E-state index is 10.9. The number of hydrogen-bond acceptors (Lipinski definition) is 6. The molecule has 7 nitrogen and oxygen atoms in total. The lowest BCUT2D eigenvalue weighted by atomic mass is 10.1. The molecule has 2 aromatic rings. The number of methoxy groups -OCH3 is 1. The number of carbonyl (C=O) groups is 1. The number of hydrogen-bond donors (Lipinski definition) is 2. The quantitative estimate of drug-likeness (QED) is 0.841. The van der Waals surface area contributed by atoms with Gasteiger partial charge in [0.15, 0.2) is 0 Å². The number of nitrogens with zero attached hydrogens (tertiary/aromatic N) is 3. The molecular formula is C13H13ClN4O3. The lowest BCUT2D eigenvalue weighted by Crippen LogP contribution is -2.10. The highest BCUT2D eigenvalue weighted by atomic mass is 35.5. The van der Waals surface area contributed by atoms with Crippen LogP contribution >= 0.6 is 11.6 Å². The highest BCUT2D eigenvalue weighted by Crippen LogP contribution is 2.11. The van der Waals surface area contributed by atoms with Crippen molar-refractivity contribution in [2.75, 3.05) is 19.0 Å². The number of ether oxygens (including phenoxy) is 1. The molecule has 0 fully saturated rings. The molecule has 0 amide bonds. The summed E-state index contributed by atoms with van der Waals surface area (Å²) in [6, 6.07) is 6.88. The summed E-state index contributed by atoms with van der Waals surface area (Å²) >= 11 is 5.73. The molecule has 0 spiro atoms. The minimum Gasteiger partial charge on any atom is -0.478 e. The second-order valence-corrected chi connectivity index (χ2v) is 4.44. The maximum Gasteiger partial charge on any atom is 0.335 e. The predicted molar refractivity (Wildman–Crippen MR) is 77.0 cm³/mol. The Morgan fingerprint density at radius 1 is 1.38 bits per heavy atom. The molecule has 0 saturated heterocycles. The number of anilines is 1. The molecule has 8 heteroatoms. The Hall–Kier alpha value is -2.41. The number of aromatic nitrogens is 3. The van der Waals surface area contributed by atoms with E-state index in [1.807, 2.05) is 6.07 Å². The summed E-state index contributed by atoms with van der Waals surface area (Å²) in [6.07, 6.45) is 0.618. The van der Waals surface area contributed by atoms with E-state index in [1.54, 1.807) is 18.2 Å². The van der Waals surface area contributed by atoms with E-state index in [-0.39, 0.29) is 16.9 Å². The van der Waals surface area contributed by atoms with E-state index in [2.05, 4.69) is 20.3 Å². The molecule has 21 heavy (non-hydrogen) atoms. The number of nitrogens with one attached hydrogen (secondary N) is 1. The first-order chi connectivity index (χ1) is 10.1. The number of carboxylic acids is 1. The number of carboxylic acid groups (broad SMARTS) is 1. The zero-order valence-electron chi connectivity index (χ0n) is 11.2. The van der Waals surface area contributed by atoms with Gasteiger partial charge in [0.2, 0.25) is 11.2 Å². The minimum absolute atomic E-state index is 0.0391. The van der Waals surface area contributed by atoms with Crippen molar-refractivity contribution >= 4 is 23.5 Å². The molecular weight excluding hydrogens is 296 g/mol. The van der Waals surface area contributed by atoms with Crippen LogP contribution in [-0.4, -0.2) is 39.7 Å². The van der Waals surface area contributed by atoms with Crippen LogP contribution in [0.1, 0.15) is 15.9 Å². The van der Waals surface area contributed by atoms with E-state index >= 15 is 0 Å². The van der Waals surface area contributed by atoms with Crippen LogP contribution in [0, 0.1) is 0 Å². The van der Waals surface area contributed by atoms with Crippen molar-refractivity contribution in [1.29, 1.82) is 0 Å². The van der Waals surface area contributed by atoms with Gasteiger partial charge in [0.25, 0.3) is 0 Å². The first kappa shape index (κ1) is 15.0. The third kappa shape index (κ3) is 4.28. The third-order valence-electron chi connectivity index (χ3n) is 2.64. The molecule has 1 heterocycles. The summed E-state index contributed by atoms with van der Waals surface area (Å²) in [4.78, 5) is 22.6. The fraction of sp³-hybridized carbons (Fsp3) is 0.231. The van der Waals surface area contributed by atoms with E-state index in [0.717, 1.165) is 5.56 Å². The first-order valence-corrected chi connectivity index (χ1v) is 6.48. The molecule has 2 N–H and O–H groups in total. The number of halogens is 1. The third-order valence-corrected chi connectivity index (χ3v) is 2.81. The highest BCUT2D eigenvalue weighted by molar-refractivity contribution is 6.28. The normalized spacial score (nSPS) is 10.2. The van der Waals surface area contributed by atoms with Crippen LogP contribution in [0.15, 0.2) is 24.3 Å². The molecule has 0 aliphatic carbocycles. The Balaban J connectivity index is 1.96. The van der Waals surface area contributed by atoms with Crippen molar-refractivity contribution in [3.63, 3.8) is 0 Å². The van der Waals surface area contributed by atoms with Crippen molar-refractivity contribution < 1.29 is 14.6 Å². The van der Waals surface area contributed by atoms with Crippen LogP contribution < -0.4 is 10.1 Å². The van der Waals surface area contributed by atoms with Gasteiger partial charge in [-0.1, -0.05) is 12.1 Å². The molecule has 0 saturated carbocycles. The highest BCUT2D eigenvalue weighted by Gasteiger charge is 2.06. The van der Waals surface area contributed by atoms with Crippen molar-refractivity contribution in [2.24, 2.45) is 0 Å². The van der Waals surface area contributed by atoms with Gasteiger partial charge in [-0.3, -0.25) is 0 Å². The zero-order valence-corrected chi connectivity index (χ0v) is 12.0. The lowest BCUT2D eigenvalue weighted by molar-refractivity contribution is 0.0696. The van der Waals surface area contributed by atoms with Gasteiger partial charge in [0.05, 0.1) is 12.7 Å². The average molecular weight is 309 g/mol. The molecule has 0 radical (unpaired) electrons. The van der Waals surface area contributed by atoms with Gasteiger partial charge in [0.1, 0.15) is 0 Å². The zero-order chi connectivity index (χ0) is 15.2. The predicted octanol–water partition coefficient (Wildman–Crippen LogP) is 1.89. The van der Waals surface area contributed by atoms with Crippen LogP contribution in [0.25, 0.3) is 0 Å². The van der Waals surface area contributed by atoms with Gasteiger partial charge in [0, 0.05) is 6.54 Å². The summed E-state index contributed by atoms with van der Waals surface area (Å²) in [6.45, 7) is 0.520. The van der Waals surface area contributed by atoms with Crippen LogP contribution in [0.2, 0.25) is 5.28 Å². The monoisotopic (exact) mass is 308 g/mol. The van der Waals surface area contributed by atoms with Crippen molar-refractivity contribution in [1.82, 2.24) is 15.0 Å². The number of benzene rings is 1. The Bertz CT molecular complexity index is 651. The molecule has 0 aliphatic heterocycles. The summed E-state index contributed by atoms with van der Waals surface area (Å²) < 4.78 is 4.89. The molecule has 0 aliphatic rings. The molecule has 0 unspecified atom stereocenters. The van der Waals surface area contributed by atoms with Gasteiger partial charge in [-0.05, 0) is 35.7 Å². The Kier molecular flexibility index (Phi) is 4.89. The summed E-state index contributed by atoms with van der Waals surface area (Å²) in [7, 11) is 1.44. The van der Waals surface area contributed by atoms with Crippen molar-refractivity contribution in [3.05, 3.63) is 40.7 Å². The Morgan fingerprint density at radius 2 is 2.19 bits per heavy atom. The van der Waals surface area contributed by atoms with Crippen molar-refractivity contribution in [3.8, 4) is 6.01 Å². The van der Waals surface area contributed by atoms with Crippen LogP contribution in [0.5, 0.6) is 6.01 Å². The van der Waals surface area contributed by atoms with E-state index in [0.29, 0.717) is 18.9 Å². The van der Waals surface area contributed by atoms with Gasteiger partial charge < -0.3 is 15.2 Å². The molecule has 1 aromatic heterocycles. The lowest BCUT2D eigenvalue weighted by Gasteiger charge is -2.06. The summed E-state index contributed by atoms with van der Waals surface area (Å²) in [5, 5.41) is 12.0. The van der Waals surface area contributed by atoms with Crippen LogP contribution in [-0.2, 0) is 6.42 Å². The number of rotatable bonds is 6. The van der Waals surface area contributed by atoms with Gasteiger partial charge in [-0.25, -0.2) is 4.79 Å². The smallest absolute Gasteiger partial charge is 0.335 e. The molecule has 110 valence electrons. The maximum atomic E-state index is 10.9. The molecule has 1 aromatic carbocycles. The fourth-order valence-corrected chi connectivity index (χ4v) is 1.83. The van der Waals surface area contributed by atoms with Gasteiger partial charge in [-0.15, -0.1) is 0 Å². The largest absolute Gasteiger partial charge is 0.478 e. The van der Waals surface area contributed by atoms with E-state index in [1.165, 1.54) is 7.11 Å². The van der Waals surface area contributed by atoms with Crippen LogP contribution in [0.4, 0.5) is 5.95 Å². The van der Waals surface area contributed by atoms with Gasteiger partial charge in [-0.2, -0.15) is 15.0 Å². The molecule has 2 rings (SSSR count). The first-order valence-electron chi connectivity index (χ1n) is 6.10.